The minimum Gasteiger partial charge on any atom is -0.316 e. The summed E-state index contributed by atoms with van der Waals surface area (Å²) in [5.41, 5.74) is 0.956. The van der Waals surface area contributed by atoms with E-state index in [2.05, 4.69) is 22.8 Å². The van der Waals surface area contributed by atoms with Crippen molar-refractivity contribution in [3.63, 3.8) is 0 Å². The molecule has 1 aromatic heterocycles. The third kappa shape index (κ3) is 5.53. The van der Waals surface area contributed by atoms with E-state index < -0.39 is 10.1 Å². The molecule has 2 N–H and O–H groups in total. The third-order valence-electron chi connectivity index (χ3n) is 3.55. The maximum absolute atomic E-state index is 10.5. The van der Waals surface area contributed by atoms with Crippen molar-refractivity contribution in [3.05, 3.63) is 52.2 Å². The quantitative estimate of drug-likeness (QED) is 0.843. The van der Waals surface area contributed by atoms with Gasteiger partial charge in [0, 0.05) is 4.88 Å². The summed E-state index contributed by atoms with van der Waals surface area (Å²) in [5, 5.41) is 5.55. The fourth-order valence-electron chi connectivity index (χ4n) is 2.31. The average molecular weight is 339 g/mol. The molecule has 0 saturated carbocycles. The molecule has 1 aliphatic heterocycles. The summed E-state index contributed by atoms with van der Waals surface area (Å²) >= 11 is 1.88. The fraction of sp³-hybridized carbons (Fsp3) is 0.375. The van der Waals surface area contributed by atoms with Gasteiger partial charge in [-0.2, -0.15) is 8.42 Å². The molecule has 0 amide bonds. The van der Waals surface area contributed by atoms with Gasteiger partial charge in [-0.25, -0.2) is 0 Å². The van der Waals surface area contributed by atoms with Crippen LogP contribution in [0.4, 0.5) is 0 Å². The summed E-state index contributed by atoms with van der Waals surface area (Å²) in [7, 11) is -4.02. The Labute approximate surface area is 135 Å². The predicted molar refractivity (Wildman–Crippen MR) is 90.0 cm³/mol. The van der Waals surface area contributed by atoms with E-state index in [1.807, 2.05) is 18.3 Å². The maximum Gasteiger partial charge on any atom is 0.294 e. The lowest BCUT2D eigenvalue weighted by molar-refractivity contribution is 0.483. The summed E-state index contributed by atoms with van der Waals surface area (Å²) < 4.78 is 29.6. The SMILES string of the molecule is Cc1ccc(S(=O)(=O)O)cc1.c1csc(CC2CCNC2)c1. The Hall–Kier alpha value is -1.21. The van der Waals surface area contributed by atoms with E-state index in [1.54, 1.807) is 17.0 Å². The Morgan fingerprint density at radius 2 is 2.00 bits per heavy atom. The maximum atomic E-state index is 10.5. The molecule has 3 rings (SSSR count). The van der Waals surface area contributed by atoms with Gasteiger partial charge in [-0.1, -0.05) is 23.8 Å². The van der Waals surface area contributed by atoms with Gasteiger partial charge in [0.2, 0.25) is 0 Å². The molecular formula is C16H21NO3S2. The van der Waals surface area contributed by atoms with Crippen LogP contribution in [0.1, 0.15) is 16.9 Å². The van der Waals surface area contributed by atoms with Crippen molar-refractivity contribution in [1.29, 1.82) is 0 Å². The zero-order valence-corrected chi connectivity index (χ0v) is 14.2. The summed E-state index contributed by atoms with van der Waals surface area (Å²) in [6.45, 7) is 4.28. The highest BCUT2D eigenvalue weighted by molar-refractivity contribution is 7.85. The van der Waals surface area contributed by atoms with Gasteiger partial charge in [0.1, 0.15) is 0 Å². The number of thiophene rings is 1. The number of benzene rings is 1. The Balaban J connectivity index is 0.000000160. The third-order valence-corrected chi connectivity index (χ3v) is 5.32. The van der Waals surface area contributed by atoms with Crippen LogP contribution < -0.4 is 5.32 Å². The molecule has 1 saturated heterocycles. The summed E-state index contributed by atoms with van der Waals surface area (Å²) in [6, 6.07) is 10.4. The van der Waals surface area contributed by atoms with Gasteiger partial charge < -0.3 is 5.32 Å². The van der Waals surface area contributed by atoms with Gasteiger partial charge in [-0.3, -0.25) is 4.55 Å². The molecule has 2 aromatic rings. The van der Waals surface area contributed by atoms with E-state index in [9.17, 15) is 8.42 Å². The van der Waals surface area contributed by atoms with E-state index >= 15 is 0 Å². The largest absolute Gasteiger partial charge is 0.316 e. The minimum absolute atomic E-state index is 0.0666. The van der Waals surface area contributed by atoms with Crippen LogP contribution in [0.5, 0.6) is 0 Å². The Bertz CT molecular complexity index is 658. The lowest BCUT2D eigenvalue weighted by atomic mass is 10.0. The number of nitrogens with one attached hydrogen (secondary N) is 1. The second kappa shape index (κ2) is 7.87. The molecule has 1 aromatic carbocycles. The molecule has 120 valence electrons. The Morgan fingerprint density at radius 3 is 2.50 bits per heavy atom. The van der Waals surface area contributed by atoms with Crippen LogP contribution in [0.3, 0.4) is 0 Å². The zero-order chi connectivity index (χ0) is 16.0. The van der Waals surface area contributed by atoms with Crippen molar-refractivity contribution in [2.75, 3.05) is 13.1 Å². The molecule has 1 unspecified atom stereocenters. The first kappa shape index (κ1) is 17.1. The molecule has 2 heterocycles. The lowest BCUT2D eigenvalue weighted by Crippen LogP contribution is -2.10. The standard InChI is InChI=1S/C9H13NS.C7H8O3S/c1-2-9(11-5-1)6-8-3-4-10-7-8;1-6-2-4-7(5-3-6)11(8,9)10/h1-2,5,8,10H,3-4,6-7H2;2-5H,1H3,(H,8,9,10). The van der Waals surface area contributed by atoms with Crippen LogP contribution in [-0.2, 0) is 16.5 Å². The number of hydrogen-bond donors (Lipinski definition) is 2. The van der Waals surface area contributed by atoms with Crippen molar-refractivity contribution < 1.29 is 13.0 Å². The molecule has 0 aliphatic carbocycles. The monoisotopic (exact) mass is 339 g/mol. The highest BCUT2D eigenvalue weighted by atomic mass is 32.2. The van der Waals surface area contributed by atoms with Gasteiger partial charge in [-0.05, 0) is 62.4 Å². The number of aryl methyl sites for hydroxylation is 1. The topological polar surface area (TPSA) is 66.4 Å². The highest BCUT2D eigenvalue weighted by Gasteiger charge is 2.14. The average Bonchev–Trinajstić information content (AvgIpc) is 3.13. The molecule has 6 heteroatoms. The second-order valence-electron chi connectivity index (χ2n) is 5.43. The fourth-order valence-corrected chi connectivity index (χ4v) is 3.61. The van der Waals surface area contributed by atoms with Crippen LogP contribution in [0, 0.1) is 12.8 Å². The van der Waals surface area contributed by atoms with E-state index in [1.165, 1.54) is 38.1 Å². The van der Waals surface area contributed by atoms with Crippen molar-refractivity contribution in [2.24, 2.45) is 5.92 Å². The molecule has 1 fully saturated rings. The van der Waals surface area contributed by atoms with Crippen LogP contribution in [-0.4, -0.2) is 26.1 Å². The first-order chi connectivity index (χ1) is 10.4. The smallest absolute Gasteiger partial charge is 0.294 e. The first-order valence-electron chi connectivity index (χ1n) is 7.22. The van der Waals surface area contributed by atoms with Gasteiger partial charge in [0.05, 0.1) is 4.90 Å². The molecule has 1 atom stereocenters. The predicted octanol–water partition coefficient (Wildman–Crippen LogP) is 3.14. The normalized spacial score (nSPS) is 17.8. The van der Waals surface area contributed by atoms with Gasteiger partial charge in [-0.15, -0.1) is 11.3 Å². The van der Waals surface area contributed by atoms with E-state index in [4.69, 9.17) is 4.55 Å². The van der Waals surface area contributed by atoms with Crippen LogP contribution in [0.25, 0.3) is 0 Å². The first-order valence-corrected chi connectivity index (χ1v) is 9.54. The van der Waals surface area contributed by atoms with Crippen molar-refractivity contribution in [1.82, 2.24) is 5.32 Å². The molecule has 1 aliphatic rings. The van der Waals surface area contributed by atoms with Crippen LogP contribution in [0.15, 0.2) is 46.7 Å². The minimum atomic E-state index is -4.02. The summed E-state index contributed by atoms with van der Waals surface area (Å²) in [5.74, 6) is 0.897. The van der Waals surface area contributed by atoms with Crippen molar-refractivity contribution in [2.45, 2.75) is 24.7 Å². The van der Waals surface area contributed by atoms with Crippen LogP contribution in [0.2, 0.25) is 0 Å². The summed E-state index contributed by atoms with van der Waals surface area (Å²) in [4.78, 5) is 1.47. The molecule has 0 radical (unpaired) electrons. The Morgan fingerprint density at radius 1 is 1.27 bits per heavy atom. The molecular weight excluding hydrogens is 318 g/mol. The highest BCUT2D eigenvalue weighted by Crippen LogP contribution is 2.18. The van der Waals surface area contributed by atoms with E-state index in [-0.39, 0.29) is 4.90 Å². The van der Waals surface area contributed by atoms with Gasteiger partial charge in [0.25, 0.3) is 10.1 Å². The number of hydrogen-bond acceptors (Lipinski definition) is 4. The van der Waals surface area contributed by atoms with Gasteiger partial charge >= 0.3 is 0 Å². The zero-order valence-electron chi connectivity index (χ0n) is 12.5. The molecule has 4 nitrogen and oxygen atoms in total. The van der Waals surface area contributed by atoms with Gasteiger partial charge in [0.15, 0.2) is 0 Å². The Kier molecular flexibility index (Phi) is 6.14. The van der Waals surface area contributed by atoms with E-state index in [0.29, 0.717) is 0 Å². The summed E-state index contributed by atoms with van der Waals surface area (Å²) in [6.07, 6.45) is 2.64. The molecule has 22 heavy (non-hydrogen) atoms. The second-order valence-corrected chi connectivity index (χ2v) is 7.88. The van der Waals surface area contributed by atoms with Crippen LogP contribution >= 0.6 is 11.3 Å². The number of rotatable bonds is 3. The van der Waals surface area contributed by atoms with Crippen molar-refractivity contribution in [3.8, 4) is 0 Å². The van der Waals surface area contributed by atoms with Crippen molar-refractivity contribution >= 4 is 21.5 Å². The lowest BCUT2D eigenvalue weighted by Gasteiger charge is -2.04. The molecule has 0 bridgehead atoms. The van der Waals surface area contributed by atoms with E-state index in [0.717, 1.165) is 11.5 Å². The molecule has 0 spiro atoms.